The number of hydrogen-bond acceptors (Lipinski definition) is 1. The first kappa shape index (κ1) is 12.1. The highest BCUT2D eigenvalue weighted by Gasteiger charge is 2.43. The van der Waals surface area contributed by atoms with Gasteiger partial charge in [0, 0.05) is 0 Å². The van der Waals surface area contributed by atoms with Crippen LogP contribution in [0.5, 0.6) is 0 Å². The molecule has 0 heterocycles. The Morgan fingerprint density at radius 3 is 2.59 bits per heavy atom. The molecular weight excluding hydrogens is 219 g/mol. The molecule has 2 rings (SSSR count). The van der Waals surface area contributed by atoms with E-state index in [0.29, 0.717) is 11.8 Å². The van der Waals surface area contributed by atoms with E-state index in [2.05, 4.69) is 6.92 Å². The summed E-state index contributed by atoms with van der Waals surface area (Å²) in [4.78, 5) is 10.8. The van der Waals surface area contributed by atoms with Crippen LogP contribution in [0.2, 0.25) is 0 Å². The molecule has 0 radical (unpaired) electrons. The fraction of sp³-hybridized carbons (Fsp3) is 0.500. The van der Waals surface area contributed by atoms with E-state index >= 15 is 0 Å². The van der Waals surface area contributed by atoms with Crippen molar-refractivity contribution in [1.82, 2.24) is 0 Å². The maximum Gasteiger partial charge on any atom is 0.306 e. The molecule has 92 valence electrons. The van der Waals surface area contributed by atoms with Crippen LogP contribution in [0.4, 0.5) is 4.39 Å². The molecule has 0 spiro atoms. The van der Waals surface area contributed by atoms with Gasteiger partial charge in [0.2, 0.25) is 0 Å². The van der Waals surface area contributed by atoms with Crippen LogP contribution in [0.1, 0.15) is 37.7 Å². The van der Waals surface area contributed by atoms with Gasteiger partial charge in [0.25, 0.3) is 0 Å². The fourth-order valence-electron chi connectivity index (χ4n) is 2.45. The molecular formula is C14H17FO2. The first-order valence-electron chi connectivity index (χ1n) is 6.10. The first-order chi connectivity index (χ1) is 8.11. The van der Waals surface area contributed by atoms with Crippen LogP contribution in [-0.2, 0) is 4.79 Å². The third kappa shape index (κ3) is 2.84. The summed E-state index contributed by atoms with van der Waals surface area (Å²) in [6, 6.07) is 6.56. The van der Waals surface area contributed by atoms with E-state index in [9.17, 15) is 9.18 Å². The van der Waals surface area contributed by atoms with E-state index in [1.54, 1.807) is 0 Å². The summed E-state index contributed by atoms with van der Waals surface area (Å²) in [6.07, 6.45) is 2.67. The Hall–Kier alpha value is -1.38. The Balaban J connectivity index is 1.98. The van der Waals surface area contributed by atoms with Crippen molar-refractivity contribution in [2.24, 2.45) is 11.8 Å². The van der Waals surface area contributed by atoms with E-state index in [1.807, 2.05) is 12.1 Å². The molecule has 0 saturated heterocycles. The number of aliphatic carboxylic acids is 1. The summed E-state index contributed by atoms with van der Waals surface area (Å²) in [7, 11) is 0. The van der Waals surface area contributed by atoms with Crippen LogP contribution >= 0.6 is 0 Å². The van der Waals surface area contributed by atoms with Gasteiger partial charge in [-0.2, -0.15) is 0 Å². The van der Waals surface area contributed by atoms with Crippen LogP contribution in [0, 0.1) is 17.7 Å². The quantitative estimate of drug-likeness (QED) is 0.850. The Morgan fingerprint density at radius 1 is 1.47 bits per heavy atom. The van der Waals surface area contributed by atoms with Gasteiger partial charge in [-0.3, -0.25) is 4.79 Å². The molecule has 1 fully saturated rings. The third-order valence-corrected chi connectivity index (χ3v) is 3.66. The average Bonchev–Trinajstić information content (AvgIpc) is 3.07. The lowest BCUT2D eigenvalue weighted by atomic mass is 9.91. The third-order valence-electron chi connectivity index (χ3n) is 3.66. The molecule has 1 aliphatic carbocycles. The Kier molecular flexibility index (Phi) is 3.46. The van der Waals surface area contributed by atoms with Crippen molar-refractivity contribution in [3.63, 3.8) is 0 Å². The van der Waals surface area contributed by atoms with Gasteiger partial charge < -0.3 is 5.11 Å². The normalized spacial score (nSPS) is 24.4. The predicted octanol–water partition coefficient (Wildman–Crippen LogP) is 3.43. The summed E-state index contributed by atoms with van der Waals surface area (Å²) in [5, 5.41) is 8.87. The second kappa shape index (κ2) is 4.86. The second-order valence-corrected chi connectivity index (χ2v) is 4.83. The molecule has 1 aliphatic rings. The van der Waals surface area contributed by atoms with Crippen LogP contribution in [0.3, 0.4) is 0 Å². The van der Waals surface area contributed by atoms with Gasteiger partial charge in [-0.1, -0.05) is 19.1 Å². The standard InChI is InChI=1S/C14H17FO2/c1-2-9(7-11-8-13(11)14(16)17)10-3-5-12(15)6-4-10/h3-6,9,11,13H,2,7-8H2,1H3,(H,16,17). The van der Waals surface area contributed by atoms with Crippen LogP contribution < -0.4 is 0 Å². The van der Waals surface area contributed by atoms with Gasteiger partial charge in [0.05, 0.1) is 5.92 Å². The van der Waals surface area contributed by atoms with Gasteiger partial charge in [-0.15, -0.1) is 0 Å². The SMILES string of the molecule is CCC(CC1CC1C(=O)O)c1ccc(F)cc1. The van der Waals surface area contributed by atoms with Crippen LogP contribution in [0.25, 0.3) is 0 Å². The first-order valence-corrected chi connectivity index (χ1v) is 6.10. The van der Waals surface area contributed by atoms with Crippen molar-refractivity contribution >= 4 is 5.97 Å². The topological polar surface area (TPSA) is 37.3 Å². The summed E-state index contributed by atoms with van der Waals surface area (Å²) in [5.74, 6) is -0.389. The lowest BCUT2D eigenvalue weighted by Gasteiger charge is -2.14. The van der Waals surface area contributed by atoms with E-state index in [-0.39, 0.29) is 11.7 Å². The molecule has 3 unspecified atom stereocenters. The Bertz CT molecular complexity index is 399. The van der Waals surface area contributed by atoms with Crippen LogP contribution in [-0.4, -0.2) is 11.1 Å². The highest BCUT2D eigenvalue weighted by atomic mass is 19.1. The van der Waals surface area contributed by atoms with Crippen molar-refractivity contribution in [2.75, 3.05) is 0 Å². The predicted molar refractivity (Wildman–Crippen MR) is 63.3 cm³/mol. The van der Waals surface area contributed by atoms with E-state index in [4.69, 9.17) is 5.11 Å². The zero-order chi connectivity index (χ0) is 12.4. The second-order valence-electron chi connectivity index (χ2n) is 4.83. The number of carbonyl (C=O) groups is 1. The Labute approximate surface area is 100 Å². The number of hydrogen-bond donors (Lipinski definition) is 1. The highest BCUT2D eigenvalue weighted by molar-refractivity contribution is 5.73. The molecule has 0 amide bonds. The number of rotatable bonds is 5. The number of carboxylic acids is 1. The van der Waals surface area contributed by atoms with Crippen LogP contribution in [0.15, 0.2) is 24.3 Å². The number of benzene rings is 1. The van der Waals surface area contributed by atoms with Gasteiger partial charge >= 0.3 is 5.97 Å². The minimum atomic E-state index is -0.677. The van der Waals surface area contributed by atoms with Gasteiger partial charge in [-0.25, -0.2) is 4.39 Å². The van der Waals surface area contributed by atoms with Crippen molar-refractivity contribution in [2.45, 2.75) is 32.1 Å². The molecule has 3 atom stereocenters. The van der Waals surface area contributed by atoms with Crippen molar-refractivity contribution < 1.29 is 14.3 Å². The van der Waals surface area contributed by atoms with Crippen molar-refractivity contribution in [1.29, 1.82) is 0 Å². The van der Waals surface area contributed by atoms with Crippen molar-refractivity contribution in [3.8, 4) is 0 Å². The maximum absolute atomic E-state index is 12.8. The minimum absolute atomic E-state index is 0.149. The molecule has 1 saturated carbocycles. The summed E-state index contributed by atoms with van der Waals surface area (Å²) >= 11 is 0. The Morgan fingerprint density at radius 2 is 2.12 bits per heavy atom. The lowest BCUT2D eigenvalue weighted by Crippen LogP contribution is -2.04. The number of halogens is 1. The fourth-order valence-corrected chi connectivity index (χ4v) is 2.45. The maximum atomic E-state index is 12.8. The smallest absolute Gasteiger partial charge is 0.306 e. The molecule has 3 heteroatoms. The molecule has 0 aliphatic heterocycles. The zero-order valence-corrected chi connectivity index (χ0v) is 9.90. The molecule has 2 nitrogen and oxygen atoms in total. The largest absolute Gasteiger partial charge is 0.481 e. The van der Waals surface area contributed by atoms with E-state index in [1.165, 1.54) is 12.1 Å². The van der Waals surface area contributed by atoms with E-state index in [0.717, 1.165) is 24.8 Å². The van der Waals surface area contributed by atoms with Gasteiger partial charge in [-0.05, 0) is 48.8 Å². The number of carboxylic acid groups (broad SMARTS) is 1. The monoisotopic (exact) mass is 236 g/mol. The molecule has 17 heavy (non-hydrogen) atoms. The molecule has 0 bridgehead atoms. The summed E-state index contributed by atoms with van der Waals surface area (Å²) < 4.78 is 12.8. The zero-order valence-electron chi connectivity index (χ0n) is 9.90. The van der Waals surface area contributed by atoms with Gasteiger partial charge in [0.1, 0.15) is 5.82 Å². The van der Waals surface area contributed by atoms with Crippen molar-refractivity contribution in [3.05, 3.63) is 35.6 Å². The van der Waals surface area contributed by atoms with E-state index < -0.39 is 5.97 Å². The minimum Gasteiger partial charge on any atom is -0.481 e. The van der Waals surface area contributed by atoms with Gasteiger partial charge in [0.15, 0.2) is 0 Å². The molecule has 1 N–H and O–H groups in total. The molecule has 1 aromatic rings. The lowest BCUT2D eigenvalue weighted by molar-refractivity contribution is -0.138. The summed E-state index contributed by atoms with van der Waals surface area (Å²) in [5.41, 5.74) is 1.12. The highest BCUT2D eigenvalue weighted by Crippen LogP contribution is 2.45. The molecule has 0 aromatic heterocycles. The molecule has 1 aromatic carbocycles. The average molecular weight is 236 g/mol. The summed E-state index contributed by atoms with van der Waals surface area (Å²) in [6.45, 7) is 2.09.